The lowest BCUT2D eigenvalue weighted by atomic mass is 9.92. The van der Waals surface area contributed by atoms with Gasteiger partial charge in [0.15, 0.2) is 0 Å². The number of aromatic nitrogens is 2. The first kappa shape index (κ1) is 25.6. The molecule has 0 unspecified atom stereocenters. The van der Waals surface area contributed by atoms with Crippen molar-refractivity contribution in [3.05, 3.63) is 41.6 Å². The number of carbonyl (C=O) groups excluding carboxylic acids is 2. The van der Waals surface area contributed by atoms with Gasteiger partial charge in [-0.2, -0.15) is 5.10 Å². The van der Waals surface area contributed by atoms with Gasteiger partial charge in [0.1, 0.15) is 5.82 Å². The second kappa shape index (κ2) is 11.8. The van der Waals surface area contributed by atoms with E-state index >= 15 is 0 Å². The highest BCUT2D eigenvalue weighted by Gasteiger charge is 2.22. The molecule has 1 heterocycles. The van der Waals surface area contributed by atoms with Crippen LogP contribution in [0.4, 0.5) is 5.82 Å². The van der Waals surface area contributed by atoms with Gasteiger partial charge >= 0.3 is 0 Å². The fourth-order valence-corrected chi connectivity index (χ4v) is 3.56. The van der Waals surface area contributed by atoms with E-state index < -0.39 is 0 Å². The molecule has 0 bridgehead atoms. The van der Waals surface area contributed by atoms with E-state index in [4.69, 9.17) is 5.10 Å². The van der Waals surface area contributed by atoms with E-state index in [0.717, 1.165) is 36.2 Å². The molecule has 0 aliphatic heterocycles. The number of benzene rings is 1. The van der Waals surface area contributed by atoms with Crippen molar-refractivity contribution in [1.82, 2.24) is 14.7 Å². The van der Waals surface area contributed by atoms with Crippen LogP contribution < -0.4 is 5.32 Å². The summed E-state index contributed by atoms with van der Waals surface area (Å²) >= 11 is 0. The first-order chi connectivity index (χ1) is 15.2. The maximum Gasteiger partial charge on any atom is 0.245 e. The van der Waals surface area contributed by atoms with Crippen LogP contribution in [0.5, 0.6) is 0 Å². The number of hydrogen-bond donors (Lipinski definition) is 1. The zero-order valence-electron chi connectivity index (χ0n) is 20.7. The first-order valence-electron chi connectivity index (χ1n) is 11.9. The maximum absolute atomic E-state index is 12.9. The van der Waals surface area contributed by atoms with Crippen molar-refractivity contribution in [3.8, 4) is 5.69 Å². The fraction of sp³-hybridized carbons (Fsp3) is 0.577. The summed E-state index contributed by atoms with van der Waals surface area (Å²) in [7, 11) is 0. The SMILES string of the molecule is CCCCCCCC(=O)N(CC)CC(=O)Nc1cc(C(C)(C)C)nn1-c1cccc(C)c1. The number of nitrogens with one attached hydrogen (secondary N) is 1. The number of likely N-dealkylation sites (N-methyl/N-ethyl adjacent to an activating group) is 1. The summed E-state index contributed by atoms with van der Waals surface area (Å²) in [6, 6.07) is 9.94. The molecule has 0 aliphatic carbocycles. The molecule has 0 atom stereocenters. The summed E-state index contributed by atoms with van der Waals surface area (Å²) in [5, 5.41) is 7.76. The second-order valence-corrected chi connectivity index (χ2v) is 9.54. The van der Waals surface area contributed by atoms with Crippen LogP contribution in [0.3, 0.4) is 0 Å². The van der Waals surface area contributed by atoms with Crippen LogP contribution in [0, 0.1) is 6.92 Å². The Balaban J connectivity index is 2.10. The van der Waals surface area contributed by atoms with Crippen LogP contribution in [0.1, 0.15) is 84.4 Å². The minimum absolute atomic E-state index is 0.0433. The molecule has 6 heteroatoms. The van der Waals surface area contributed by atoms with Gasteiger partial charge in [0.2, 0.25) is 11.8 Å². The van der Waals surface area contributed by atoms with Gasteiger partial charge in [-0.25, -0.2) is 4.68 Å². The second-order valence-electron chi connectivity index (χ2n) is 9.54. The lowest BCUT2D eigenvalue weighted by molar-refractivity contribution is -0.134. The van der Waals surface area contributed by atoms with Crippen LogP contribution in [0.25, 0.3) is 5.69 Å². The van der Waals surface area contributed by atoms with Crippen molar-refractivity contribution in [2.45, 2.75) is 85.5 Å². The lowest BCUT2D eigenvalue weighted by Crippen LogP contribution is -2.38. The molecule has 2 rings (SSSR count). The Kier molecular flexibility index (Phi) is 9.48. The molecule has 32 heavy (non-hydrogen) atoms. The van der Waals surface area contributed by atoms with Crippen LogP contribution in [-0.4, -0.2) is 39.6 Å². The van der Waals surface area contributed by atoms with Crippen molar-refractivity contribution in [2.24, 2.45) is 0 Å². The number of nitrogens with zero attached hydrogens (tertiary/aromatic N) is 3. The van der Waals surface area contributed by atoms with E-state index in [1.54, 1.807) is 9.58 Å². The number of aryl methyl sites for hydroxylation is 1. The number of amides is 2. The molecule has 2 amide bonds. The molecular formula is C26H40N4O2. The van der Waals surface area contributed by atoms with Gasteiger partial charge in [0, 0.05) is 24.4 Å². The Morgan fingerprint density at radius 1 is 1.06 bits per heavy atom. The Labute approximate surface area is 193 Å². The number of anilines is 1. The Hall–Kier alpha value is -2.63. The number of hydrogen-bond acceptors (Lipinski definition) is 3. The predicted octanol–water partition coefficient (Wildman–Crippen LogP) is 5.63. The molecule has 0 aliphatic rings. The highest BCUT2D eigenvalue weighted by Crippen LogP contribution is 2.26. The van der Waals surface area contributed by atoms with Crippen molar-refractivity contribution >= 4 is 17.6 Å². The van der Waals surface area contributed by atoms with Crippen molar-refractivity contribution < 1.29 is 9.59 Å². The molecule has 6 nitrogen and oxygen atoms in total. The van der Waals surface area contributed by atoms with Gasteiger partial charge in [-0.05, 0) is 38.0 Å². The van der Waals surface area contributed by atoms with Gasteiger partial charge in [-0.15, -0.1) is 0 Å². The molecule has 0 saturated heterocycles. The van der Waals surface area contributed by atoms with Gasteiger partial charge in [-0.3, -0.25) is 9.59 Å². The maximum atomic E-state index is 12.9. The van der Waals surface area contributed by atoms with Gasteiger partial charge < -0.3 is 10.2 Å². The zero-order valence-corrected chi connectivity index (χ0v) is 20.7. The van der Waals surface area contributed by atoms with E-state index in [0.29, 0.717) is 18.8 Å². The average Bonchev–Trinajstić information content (AvgIpc) is 3.16. The third kappa shape index (κ3) is 7.50. The largest absolute Gasteiger partial charge is 0.334 e. The summed E-state index contributed by atoms with van der Waals surface area (Å²) in [5.74, 6) is 0.454. The van der Waals surface area contributed by atoms with Gasteiger partial charge in [-0.1, -0.05) is 65.5 Å². The van der Waals surface area contributed by atoms with Crippen LogP contribution in [0.2, 0.25) is 0 Å². The molecule has 2 aromatic rings. The lowest BCUT2D eigenvalue weighted by Gasteiger charge is -2.20. The molecule has 1 aromatic heterocycles. The fourth-order valence-electron chi connectivity index (χ4n) is 3.56. The Bertz CT molecular complexity index is 895. The molecule has 1 N–H and O–H groups in total. The normalized spacial score (nSPS) is 11.4. The summed E-state index contributed by atoms with van der Waals surface area (Å²) in [4.78, 5) is 27.1. The van der Waals surface area contributed by atoms with E-state index in [1.807, 2.05) is 44.2 Å². The summed E-state index contributed by atoms with van der Waals surface area (Å²) in [6.45, 7) is 13.0. The third-order valence-corrected chi connectivity index (χ3v) is 5.55. The summed E-state index contributed by atoms with van der Waals surface area (Å²) in [6.07, 6.45) is 6.00. The number of rotatable bonds is 11. The standard InChI is InChI=1S/C26H40N4O2/c1-7-9-10-11-12-16-25(32)29(8-2)19-24(31)27-23-18-22(26(4,5)6)28-30(23)21-15-13-14-20(3)17-21/h13-15,17-18H,7-12,16,19H2,1-6H3,(H,27,31). The Morgan fingerprint density at radius 3 is 2.41 bits per heavy atom. The molecular weight excluding hydrogens is 400 g/mol. The zero-order chi connectivity index (χ0) is 23.7. The van der Waals surface area contributed by atoms with E-state index in [9.17, 15) is 9.59 Å². The van der Waals surface area contributed by atoms with Gasteiger partial charge in [0.05, 0.1) is 17.9 Å². The molecule has 1 aromatic carbocycles. The predicted molar refractivity (Wildman–Crippen MR) is 131 cm³/mol. The molecule has 0 spiro atoms. The third-order valence-electron chi connectivity index (χ3n) is 5.55. The van der Waals surface area contributed by atoms with Crippen molar-refractivity contribution in [2.75, 3.05) is 18.4 Å². The topological polar surface area (TPSA) is 67.2 Å². The molecule has 0 fully saturated rings. The van der Waals surface area contributed by atoms with Crippen molar-refractivity contribution in [1.29, 1.82) is 0 Å². The van der Waals surface area contributed by atoms with Crippen LogP contribution in [0.15, 0.2) is 30.3 Å². The van der Waals surface area contributed by atoms with Gasteiger partial charge in [0.25, 0.3) is 0 Å². The van der Waals surface area contributed by atoms with Crippen molar-refractivity contribution in [3.63, 3.8) is 0 Å². The average molecular weight is 441 g/mol. The van der Waals surface area contributed by atoms with E-state index in [2.05, 4.69) is 33.0 Å². The minimum Gasteiger partial charge on any atom is -0.334 e. The smallest absolute Gasteiger partial charge is 0.245 e. The molecule has 0 radical (unpaired) electrons. The van der Waals surface area contributed by atoms with Crippen LogP contribution >= 0.6 is 0 Å². The number of unbranched alkanes of at least 4 members (excludes halogenated alkanes) is 4. The Morgan fingerprint density at radius 2 is 1.78 bits per heavy atom. The quantitative estimate of drug-likeness (QED) is 0.461. The van der Waals surface area contributed by atoms with Crippen LogP contribution in [-0.2, 0) is 15.0 Å². The molecule has 0 saturated carbocycles. The first-order valence-corrected chi connectivity index (χ1v) is 11.9. The van der Waals surface area contributed by atoms with E-state index in [-0.39, 0.29) is 23.8 Å². The number of carbonyl (C=O) groups is 2. The molecule has 176 valence electrons. The van der Waals surface area contributed by atoms with E-state index in [1.165, 1.54) is 12.8 Å². The summed E-state index contributed by atoms with van der Waals surface area (Å²) in [5.41, 5.74) is 2.75. The highest BCUT2D eigenvalue weighted by atomic mass is 16.2. The highest BCUT2D eigenvalue weighted by molar-refractivity contribution is 5.94. The monoisotopic (exact) mass is 440 g/mol. The minimum atomic E-state index is -0.208. The summed E-state index contributed by atoms with van der Waals surface area (Å²) < 4.78 is 1.78.